The number of aryl methyl sites for hydroxylation is 1. The van der Waals surface area contributed by atoms with Gasteiger partial charge >= 0.3 is 0 Å². The smallest absolute Gasteiger partial charge is 0.203 e. The Morgan fingerprint density at radius 3 is 2.37 bits per heavy atom. The lowest BCUT2D eigenvalue weighted by Gasteiger charge is -2.05. The second kappa shape index (κ2) is 4.39. The first-order chi connectivity index (χ1) is 9.18. The number of halogens is 1. The summed E-state index contributed by atoms with van der Waals surface area (Å²) in [4.78, 5) is 0. The van der Waals surface area contributed by atoms with Crippen LogP contribution < -0.4 is 5.62 Å². The zero-order valence-electron chi connectivity index (χ0n) is 10.6. The highest BCUT2D eigenvalue weighted by atomic mass is 19.1. The number of aromatic nitrogens is 2. The SMILES string of the molecule is Cn1c(=N)n(Cc2ccccc2F)c2ccccc21. The number of fused-ring (bicyclic) bond motifs is 1. The molecule has 1 N–H and O–H groups in total. The summed E-state index contributed by atoms with van der Waals surface area (Å²) < 4.78 is 17.3. The molecule has 1 heterocycles. The van der Waals surface area contributed by atoms with Crippen molar-refractivity contribution < 1.29 is 4.39 Å². The number of hydrogen-bond acceptors (Lipinski definition) is 1. The van der Waals surface area contributed by atoms with E-state index in [-0.39, 0.29) is 5.82 Å². The van der Waals surface area contributed by atoms with Gasteiger partial charge in [-0.15, -0.1) is 0 Å². The van der Waals surface area contributed by atoms with Crippen molar-refractivity contribution in [2.45, 2.75) is 6.54 Å². The highest BCUT2D eigenvalue weighted by molar-refractivity contribution is 5.75. The Hall–Kier alpha value is -2.36. The first-order valence-corrected chi connectivity index (χ1v) is 6.11. The molecule has 0 aliphatic carbocycles. The van der Waals surface area contributed by atoms with E-state index in [0.717, 1.165) is 11.0 Å². The third kappa shape index (κ3) is 1.85. The molecule has 4 heteroatoms. The first kappa shape index (κ1) is 11.7. The lowest BCUT2D eigenvalue weighted by molar-refractivity contribution is 0.593. The molecule has 0 fully saturated rings. The molecule has 3 aromatic rings. The van der Waals surface area contributed by atoms with E-state index in [2.05, 4.69) is 0 Å². The van der Waals surface area contributed by atoms with Crippen LogP contribution in [0.3, 0.4) is 0 Å². The minimum Gasteiger partial charge on any atom is -0.313 e. The molecule has 96 valence electrons. The molecule has 19 heavy (non-hydrogen) atoms. The van der Waals surface area contributed by atoms with Crippen molar-refractivity contribution in [2.24, 2.45) is 7.05 Å². The predicted octanol–water partition coefficient (Wildman–Crippen LogP) is 2.65. The second-order valence-corrected chi connectivity index (χ2v) is 4.55. The van der Waals surface area contributed by atoms with E-state index in [1.165, 1.54) is 6.07 Å². The van der Waals surface area contributed by atoms with E-state index >= 15 is 0 Å². The monoisotopic (exact) mass is 255 g/mol. The van der Waals surface area contributed by atoms with Crippen LogP contribution in [0.15, 0.2) is 48.5 Å². The average Bonchev–Trinajstić information content (AvgIpc) is 2.67. The molecule has 2 aromatic carbocycles. The summed E-state index contributed by atoms with van der Waals surface area (Å²) in [6, 6.07) is 14.5. The summed E-state index contributed by atoms with van der Waals surface area (Å²) in [5, 5.41) is 8.15. The molecule has 0 aliphatic heterocycles. The van der Waals surface area contributed by atoms with E-state index in [1.54, 1.807) is 16.7 Å². The Labute approximate surface area is 110 Å². The number of hydrogen-bond donors (Lipinski definition) is 1. The highest BCUT2D eigenvalue weighted by Crippen LogP contribution is 2.14. The summed E-state index contributed by atoms with van der Waals surface area (Å²) in [5.74, 6) is -0.234. The van der Waals surface area contributed by atoms with Crippen LogP contribution in [0.25, 0.3) is 11.0 Å². The van der Waals surface area contributed by atoms with Crippen LogP contribution in [0.1, 0.15) is 5.56 Å². The predicted molar refractivity (Wildman–Crippen MR) is 72.3 cm³/mol. The maximum atomic E-state index is 13.7. The lowest BCUT2D eigenvalue weighted by atomic mass is 10.2. The van der Waals surface area contributed by atoms with E-state index in [0.29, 0.717) is 17.7 Å². The molecule has 0 aliphatic rings. The Balaban J connectivity index is 2.19. The molecule has 0 unspecified atom stereocenters. The topological polar surface area (TPSA) is 33.7 Å². The van der Waals surface area contributed by atoms with Crippen molar-refractivity contribution >= 4 is 11.0 Å². The number of rotatable bonds is 2. The fourth-order valence-corrected chi connectivity index (χ4v) is 2.34. The van der Waals surface area contributed by atoms with Crippen LogP contribution in [-0.2, 0) is 13.6 Å². The molecule has 0 saturated carbocycles. The minimum atomic E-state index is -0.234. The average molecular weight is 255 g/mol. The lowest BCUT2D eigenvalue weighted by Crippen LogP contribution is -2.23. The molecule has 0 amide bonds. The van der Waals surface area contributed by atoms with Gasteiger partial charge in [-0.2, -0.15) is 0 Å². The van der Waals surface area contributed by atoms with Gasteiger partial charge < -0.3 is 9.13 Å². The Morgan fingerprint density at radius 1 is 1.00 bits per heavy atom. The quantitative estimate of drug-likeness (QED) is 0.730. The van der Waals surface area contributed by atoms with Crippen molar-refractivity contribution in [1.82, 2.24) is 9.13 Å². The molecular weight excluding hydrogens is 241 g/mol. The summed E-state index contributed by atoms with van der Waals surface area (Å²) in [6.07, 6.45) is 0. The van der Waals surface area contributed by atoms with Gasteiger partial charge in [0.1, 0.15) is 5.82 Å². The van der Waals surface area contributed by atoms with Crippen molar-refractivity contribution in [3.05, 3.63) is 65.5 Å². The Bertz CT molecular complexity index is 799. The molecule has 0 bridgehead atoms. The van der Waals surface area contributed by atoms with Gasteiger partial charge in [-0.3, -0.25) is 5.41 Å². The normalized spacial score (nSPS) is 11.1. The number of benzene rings is 2. The molecular formula is C15H14FN3. The van der Waals surface area contributed by atoms with Crippen LogP contribution in [-0.4, -0.2) is 9.13 Å². The van der Waals surface area contributed by atoms with Crippen molar-refractivity contribution in [1.29, 1.82) is 5.41 Å². The summed E-state index contributed by atoms with van der Waals surface area (Å²) in [5.41, 5.74) is 2.88. The van der Waals surface area contributed by atoms with Crippen LogP contribution >= 0.6 is 0 Å². The van der Waals surface area contributed by atoms with E-state index in [9.17, 15) is 4.39 Å². The Morgan fingerprint density at radius 2 is 1.63 bits per heavy atom. The molecule has 3 rings (SSSR count). The van der Waals surface area contributed by atoms with Gasteiger partial charge in [-0.1, -0.05) is 30.3 Å². The molecule has 3 nitrogen and oxygen atoms in total. The van der Waals surface area contributed by atoms with E-state index in [1.807, 2.05) is 41.9 Å². The van der Waals surface area contributed by atoms with Gasteiger partial charge in [0, 0.05) is 12.6 Å². The van der Waals surface area contributed by atoms with Crippen LogP contribution in [0, 0.1) is 11.2 Å². The first-order valence-electron chi connectivity index (χ1n) is 6.11. The summed E-state index contributed by atoms with van der Waals surface area (Å²) in [6.45, 7) is 0.368. The largest absolute Gasteiger partial charge is 0.313 e. The highest BCUT2D eigenvalue weighted by Gasteiger charge is 2.09. The van der Waals surface area contributed by atoms with Crippen molar-refractivity contribution in [3.63, 3.8) is 0 Å². The maximum absolute atomic E-state index is 13.7. The molecule has 0 atom stereocenters. The zero-order chi connectivity index (χ0) is 13.4. The standard InChI is InChI=1S/C15H14FN3/c1-18-13-8-4-5-9-14(13)19(15(18)17)10-11-6-2-3-7-12(11)16/h2-9,17H,10H2,1H3. The van der Waals surface area contributed by atoms with Gasteiger partial charge in [-0.05, 0) is 18.2 Å². The number of imidazole rings is 1. The third-order valence-corrected chi connectivity index (χ3v) is 3.39. The summed E-state index contributed by atoms with van der Waals surface area (Å²) >= 11 is 0. The fraction of sp³-hybridized carbons (Fsp3) is 0.133. The molecule has 1 aromatic heterocycles. The Kier molecular flexibility index (Phi) is 2.71. The van der Waals surface area contributed by atoms with Gasteiger partial charge in [0.2, 0.25) is 5.62 Å². The van der Waals surface area contributed by atoms with Crippen LogP contribution in [0.5, 0.6) is 0 Å². The van der Waals surface area contributed by atoms with Gasteiger partial charge in [0.15, 0.2) is 0 Å². The fourth-order valence-electron chi connectivity index (χ4n) is 2.34. The minimum absolute atomic E-state index is 0.234. The number of para-hydroxylation sites is 2. The van der Waals surface area contributed by atoms with Crippen molar-refractivity contribution in [2.75, 3.05) is 0 Å². The van der Waals surface area contributed by atoms with Gasteiger partial charge in [0.25, 0.3) is 0 Å². The maximum Gasteiger partial charge on any atom is 0.203 e. The zero-order valence-corrected chi connectivity index (χ0v) is 10.6. The van der Waals surface area contributed by atoms with Crippen molar-refractivity contribution in [3.8, 4) is 0 Å². The van der Waals surface area contributed by atoms with E-state index in [4.69, 9.17) is 5.41 Å². The van der Waals surface area contributed by atoms with E-state index < -0.39 is 0 Å². The number of nitrogens with zero attached hydrogens (tertiary/aromatic N) is 2. The van der Waals surface area contributed by atoms with Gasteiger partial charge in [0.05, 0.1) is 17.6 Å². The molecule has 0 spiro atoms. The summed E-state index contributed by atoms with van der Waals surface area (Å²) in [7, 11) is 1.85. The van der Waals surface area contributed by atoms with Gasteiger partial charge in [-0.25, -0.2) is 4.39 Å². The molecule has 0 saturated heterocycles. The van der Waals surface area contributed by atoms with Crippen LogP contribution in [0.4, 0.5) is 4.39 Å². The third-order valence-electron chi connectivity index (χ3n) is 3.39. The van der Waals surface area contributed by atoms with Crippen LogP contribution in [0.2, 0.25) is 0 Å². The second-order valence-electron chi connectivity index (χ2n) is 4.55. The number of nitrogens with one attached hydrogen (secondary N) is 1. The molecule has 0 radical (unpaired) electrons.